The Morgan fingerprint density at radius 2 is 2.22 bits per heavy atom. The maximum absolute atomic E-state index is 11.9. The van der Waals surface area contributed by atoms with Crippen LogP contribution in [0.3, 0.4) is 0 Å². The number of fused-ring (bicyclic) bond motifs is 1. The molecule has 122 valence electrons. The lowest BCUT2D eigenvalue weighted by molar-refractivity contribution is -0.385. The van der Waals surface area contributed by atoms with Crippen molar-refractivity contribution in [3.63, 3.8) is 0 Å². The predicted octanol–water partition coefficient (Wildman–Crippen LogP) is 1.02. The average Bonchev–Trinajstić information content (AvgIpc) is 2.93. The highest BCUT2D eigenvalue weighted by Gasteiger charge is 2.23. The fourth-order valence-corrected chi connectivity index (χ4v) is 3.49. The van der Waals surface area contributed by atoms with E-state index in [0.717, 1.165) is 31.0 Å². The number of non-ortho nitro benzene ring substituents is 1. The number of nitrogens with one attached hydrogen (secondary N) is 1. The van der Waals surface area contributed by atoms with Crippen molar-refractivity contribution in [3.8, 4) is 0 Å². The van der Waals surface area contributed by atoms with Gasteiger partial charge in [0.1, 0.15) is 12.2 Å². The SMILES string of the molecule is CS(=O)(=O)c1cc([N+](=O)[O-])ccc1NC1CCc2ncnn2C1. The summed E-state index contributed by atoms with van der Waals surface area (Å²) in [7, 11) is -3.59. The Hall–Kier alpha value is -2.49. The quantitative estimate of drug-likeness (QED) is 0.653. The Labute approximate surface area is 132 Å². The van der Waals surface area contributed by atoms with E-state index in [2.05, 4.69) is 15.4 Å². The molecule has 0 aliphatic carbocycles. The summed E-state index contributed by atoms with van der Waals surface area (Å²) in [5.74, 6) is 0.898. The Balaban J connectivity index is 1.90. The van der Waals surface area contributed by atoms with E-state index in [4.69, 9.17) is 0 Å². The van der Waals surface area contributed by atoms with Crippen LogP contribution >= 0.6 is 0 Å². The predicted molar refractivity (Wildman–Crippen MR) is 82.0 cm³/mol. The van der Waals surface area contributed by atoms with Gasteiger partial charge in [-0.1, -0.05) is 0 Å². The molecule has 1 N–H and O–H groups in total. The van der Waals surface area contributed by atoms with E-state index in [1.165, 1.54) is 18.5 Å². The summed E-state index contributed by atoms with van der Waals surface area (Å²) in [6.07, 6.45) is 4.04. The van der Waals surface area contributed by atoms with Gasteiger partial charge >= 0.3 is 0 Å². The lowest BCUT2D eigenvalue weighted by Gasteiger charge is -2.25. The van der Waals surface area contributed by atoms with E-state index in [1.54, 1.807) is 4.68 Å². The summed E-state index contributed by atoms with van der Waals surface area (Å²) in [5.41, 5.74) is 0.116. The number of benzene rings is 1. The third-order valence-corrected chi connectivity index (χ3v) is 4.88. The van der Waals surface area contributed by atoms with Crippen molar-refractivity contribution < 1.29 is 13.3 Å². The molecule has 1 aliphatic heterocycles. The van der Waals surface area contributed by atoms with E-state index in [0.29, 0.717) is 12.2 Å². The van der Waals surface area contributed by atoms with Crippen molar-refractivity contribution in [2.45, 2.75) is 30.3 Å². The van der Waals surface area contributed by atoms with E-state index in [1.807, 2.05) is 0 Å². The van der Waals surface area contributed by atoms with Crippen LogP contribution in [0, 0.1) is 10.1 Å². The molecule has 9 nitrogen and oxygen atoms in total. The minimum Gasteiger partial charge on any atom is -0.379 e. The number of nitro groups is 1. The maximum atomic E-state index is 11.9. The molecule has 0 amide bonds. The molecule has 0 saturated heterocycles. The van der Waals surface area contributed by atoms with Crippen LogP contribution < -0.4 is 5.32 Å². The maximum Gasteiger partial charge on any atom is 0.270 e. The van der Waals surface area contributed by atoms with Crippen LogP contribution in [0.4, 0.5) is 11.4 Å². The van der Waals surface area contributed by atoms with Gasteiger partial charge in [-0.15, -0.1) is 0 Å². The van der Waals surface area contributed by atoms with Gasteiger partial charge < -0.3 is 5.32 Å². The Bertz CT molecular complexity index is 861. The lowest BCUT2D eigenvalue weighted by Crippen LogP contribution is -2.32. The molecule has 1 aliphatic rings. The van der Waals surface area contributed by atoms with Crippen LogP contribution in [-0.4, -0.2) is 40.4 Å². The zero-order valence-corrected chi connectivity index (χ0v) is 13.2. The summed E-state index contributed by atoms with van der Waals surface area (Å²) in [4.78, 5) is 14.3. The number of hydrogen-bond acceptors (Lipinski definition) is 7. The smallest absolute Gasteiger partial charge is 0.270 e. The molecule has 1 aromatic carbocycles. The van der Waals surface area contributed by atoms with Crippen molar-refractivity contribution in [1.82, 2.24) is 14.8 Å². The molecule has 0 spiro atoms. The van der Waals surface area contributed by atoms with Gasteiger partial charge in [-0.05, 0) is 12.5 Å². The molecule has 2 heterocycles. The van der Waals surface area contributed by atoms with Crippen molar-refractivity contribution in [2.75, 3.05) is 11.6 Å². The minimum atomic E-state index is -3.59. The highest BCUT2D eigenvalue weighted by atomic mass is 32.2. The second-order valence-corrected chi connectivity index (χ2v) is 7.43. The zero-order chi connectivity index (χ0) is 16.6. The molecule has 1 aromatic heterocycles. The summed E-state index contributed by atoms with van der Waals surface area (Å²) < 4.78 is 25.6. The lowest BCUT2D eigenvalue weighted by atomic mass is 10.1. The number of hydrogen-bond donors (Lipinski definition) is 1. The van der Waals surface area contributed by atoms with E-state index < -0.39 is 14.8 Å². The minimum absolute atomic E-state index is 0.0221. The molecule has 23 heavy (non-hydrogen) atoms. The zero-order valence-electron chi connectivity index (χ0n) is 12.3. The first-order valence-corrected chi connectivity index (χ1v) is 8.85. The number of aryl methyl sites for hydroxylation is 1. The first-order valence-electron chi connectivity index (χ1n) is 6.96. The number of nitro benzene ring substituents is 1. The van der Waals surface area contributed by atoms with E-state index in [-0.39, 0.29) is 16.6 Å². The third-order valence-electron chi connectivity index (χ3n) is 3.74. The molecule has 0 fully saturated rings. The van der Waals surface area contributed by atoms with Crippen LogP contribution in [-0.2, 0) is 22.8 Å². The standard InChI is InChI=1S/C13H15N5O4S/c1-23(21,22)12-6-10(18(19)20)3-4-11(12)16-9-2-5-13-14-8-15-17(13)7-9/h3-4,6,8-9,16H,2,5,7H2,1H3. The molecular formula is C13H15N5O4S. The first kappa shape index (κ1) is 15.4. The summed E-state index contributed by atoms with van der Waals surface area (Å²) in [5, 5.41) is 18.1. The average molecular weight is 337 g/mol. The Kier molecular flexibility index (Phi) is 3.76. The Morgan fingerprint density at radius 1 is 1.43 bits per heavy atom. The normalized spacial score (nSPS) is 17.5. The largest absolute Gasteiger partial charge is 0.379 e. The summed E-state index contributed by atoms with van der Waals surface area (Å²) >= 11 is 0. The molecular weight excluding hydrogens is 322 g/mol. The monoisotopic (exact) mass is 337 g/mol. The van der Waals surface area contributed by atoms with Crippen LogP contribution in [0.25, 0.3) is 0 Å². The van der Waals surface area contributed by atoms with Crippen molar-refractivity contribution in [2.24, 2.45) is 0 Å². The molecule has 0 bridgehead atoms. The van der Waals surface area contributed by atoms with Gasteiger partial charge in [0.25, 0.3) is 5.69 Å². The highest BCUT2D eigenvalue weighted by Crippen LogP contribution is 2.28. The molecule has 1 unspecified atom stereocenters. The molecule has 0 saturated carbocycles. The van der Waals surface area contributed by atoms with Crippen molar-refractivity contribution in [1.29, 1.82) is 0 Å². The van der Waals surface area contributed by atoms with E-state index >= 15 is 0 Å². The van der Waals surface area contributed by atoms with Crippen molar-refractivity contribution in [3.05, 3.63) is 40.5 Å². The van der Waals surface area contributed by atoms with Gasteiger partial charge in [0.2, 0.25) is 0 Å². The molecule has 3 rings (SSSR count). The molecule has 10 heteroatoms. The molecule has 0 radical (unpaired) electrons. The van der Waals surface area contributed by atoms with Crippen LogP contribution in [0.1, 0.15) is 12.2 Å². The second-order valence-electron chi connectivity index (χ2n) is 5.45. The second kappa shape index (κ2) is 5.61. The van der Waals surface area contributed by atoms with Gasteiger partial charge in [-0.25, -0.2) is 18.1 Å². The highest BCUT2D eigenvalue weighted by molar-refractivity contribution is 7.90. The number of nitrogens with zero attached hydrogens (tertiary/aromatic N) is 4. The van der Waals surface area contributed by atoms with Gasteiger partial charge in [0.15, 0.2) is 9.84 Å². The number of anilines is 1. The van der Waals surface area contributed by atoms with Crippen LogP contribution in [0.5, 0.6) is 0 Å². The fraction of sp³-hybridized carbons (Fsp3) is 0.385. The molecule has 1 atom stereocenters. The number of sulfone groups is 1. The van der Waals surface area contributed by atoms with Gasteiger partial charge in [-0.3, -0.25) is 10.1 Å². The van der Waals surface area contributed by atoms with Gasteiger partial charge in [0, 0.05) is 30.9 Å². The van der Waals surface area contributed by atoms with Gasteiger partial charge in [0.05, 0.1) is 22.1 Å². The fourth-order valence-electron chi connectivity index (χ4n) is 2.63. The first-order chi connectivity index (χ1) is 10.8. The summed E-state index contributed by atoms with van der Waals surface area (Å²) in [6, 6.07) is 3.79. The van der Waals surface area contributed by atoms with Gasteiger partial charge in [-0.2, -0.15) is 5.10 Å². The van der Waals surface area contributed by atoms with Crippen LogP contribution in [0.15, 0.2) is 29.4 Å². The number of rotatable bonds is 4. The third kappa shape index (κ3) is 3.16. The Morgan fingerprint density at radius 3 is 2.91 bits per heavy atom. The topological polar surface area (TPSA) is 120 Å². The number of aromatic nitrogens is 3. The molecule has 2 aromatic rings. The summed E-state index contributed by atoms with van der Waals surface area (Å²) in [6.45, 7) is 0.565. The van der Waals surface area contributed by atoms with Crippen molar-refractivity contribution >= 4 is 21.2 Å². The van der Waals surface area contributed by atoms with Crippen LogP contribution in [0.2, 0.25) is 0 Å². The van der Waals surface area contributed by atoms with E-state index in [9.17, 15) is 18.5 Å².